The fourth-order valence-electron chi connectivity index (χ4n) is 2.93. The van der Waals surface area contributed by atoms with Crippen LogP contribution in [0.2, 0.25) is 0 Å². The van der Waals surface area contributed by atoms with Crippen molar-refractivity contribution < 1.29 is 4.79 Å². The summed E-state index contributed by atoms with van der Waals surface area (Å²) in [6.07, 6.45) is 8.91. The predicted molar refractivity (Wildman–Crippen MR) is 85.8 cm³/mol. The van der Waals surface area contributed by atoms with Crippen LogP contribution >= 0.6 is 0 Å². The average Bonchev–Trinajstić information content (AvgIpc) is 2.52. The average molecular weight is 293 g/mol. The number of piperazine rings is 1. The Hall–Kier alpha value is -1.08. The molecule has 1 rings (SSSR count). The zero-order valence-corrected chi connectivity index (χ0v) is 13.8. The minimum Gasteiger partial charge on any atom is -0.340 e. The maximum Gasteiger partial charge on any atom is 0.222 e. The van der Waals surface area contributed by atoms with Crippen molar-refractivity contribution in [1.82, 2.24) is 9.80 Å². The number of unbranched alkanes of at least 4 members (excludes halogenated alkanes) is 5. The van der Waals surface area contributed by atoms with Gasteiger partial charge in [-0.1, -0.05) is 46.0 Å². The van der Waals surface area contributed by atoms with Gasteiger partial charge in [0.1, 0.15) is 0 Å². The topological polar surface area (TPSA) is 47.3 Å². The fourth-order valence-corrected chi connectivity index (χ4v) is 2.93. The van der Waals surface area contributed by atoms with Crippen molar-refractivity contribution in [2.75, 3.05) is 26.2 Å². The first-order valence-corrected chi connectivity index (χ1v) is 8.64. The Labute approximate surface area is 130 Å². The molecule has 0 spiro atoms. The summed E-state index contributed by atoms with van der Waals surface area (Å²) in [6, 6.07) is 2.36. The van der Waals surface area contributed by atoms with Gasteiger partial charge in [0, 0.05) is 32.6 Å². The highest BCUT2D eigenvalue weighted by atomic mass is 16.2. The molecule has 1 fully saturated rings. The molecule has 0 bridgehead atoms. The van der Waals surface area contributed by atoms with Crippen LogP contribution in [0.3, 0.4) is 0 Å². The third-order valence-corrected chi connectivity index (χ3v) is 4.39. The van der Waals surface area contributed by atoms with Crippen LogP contribution in [0.4, 0.5) is 0 Å². The molecule has 1 amide bonds. The summed E-state index contributed by atoms with van der Waals surface area (Å²) in [5.74, 6) is 0.301. The maximum atomic E-state index is 12.1. The first-order valence-electron chi connectivity index (χ1n) is 8.64. The van der Waals surface area contributed by atoms with Crippen molar-refractivity contribution >= 4 is 5.91 Å². The molecule has 0 aromatic carbocycles. The first-order chi connectivity index (χ1) is 10.2. The molecule has 0 saturated carbocycles. The standard InChI is InChI=1S/C17H31N3O/c1-3-5-6-7-8-9-10-17(21)20-13-11-19(12-14-20)16(4-2)15-18/h16H,3-14H2,1-2H3. The maximum absolute atomic E-state index is 12.1. The highest BCUT2D eigenvalue weighted by Crippen LogP contribution is 2.12. The van der Waals surface area contributed by atoms with Crippen molar-refractivity contribution in [3.05, 3.63) is 0 Å². The quantitative estimate of drug-likeness (QED) is 0.613. The molecule has 1 aliphatic heterocycles. The number of carbonyl (C=O) groups excluding carboxylic acids is 1. The SMILES string of the molecule is CCCCCCCCC(=O)N1CCN(C(C#N)CC)CC1. The first kappa shape index (κ1) is 18.0. The molecule has 1 unspecified atom stereocenters. The minimum atomic E-state index is 0.0146. The van der Waals surface area contributed by atoms with E-state index in [-0.39, 0.29) is 6.04 Å². The molecule has 1 aliphatic rings. The van der Waals surface area contributed by atoms with E-state index in [0.29, 0.717) is 12.3 Å². The zero-order chi connectivity index (χ0) is 15.5. The van der Waals surface area contributed by atoms with E-state index >= 15 is 0 Å². The van der Waals surface area contributed by atoms with Gasteiger partial charge < -0.3 is 4.90 Å². The summed E-state index contributed by atoms with van der Waals surface area (Å²) < 4.78 is 0. The van der Waals surface area contributed by atoms with E-state index in [1.807, 2.05) is 11.8 Å². The van der Waals surface area contributed by atoms with Crippen LogP contribution in [0.25, 0.3) is 0 Å². The molecule has 1 atom stereocenters. The number of carbonyl (C=O) groups is 1. The van der Waals surface area contributed by atoms with Crippen LogP contribution in [0.1, 0.15) is 65.2 Å². The van der Waals surface area contributed by atoms with Gasteiger partial charge >= 0.3 is 0 Å². The smallest absolute Gasteiger partial charge is 0.222 e. The van der Waals surface area contributed by atoms with Crippen LogP contribution in [0, 0.1) is 11.3 Å². The van der Waals surface area contributed by atoms with Crippen LogP contribution in [0.5, 0.6) is 0 Å². The van der Waals surface area contributed by atoms with E-state index < -0.39 is 0 Å². The summed E-state index contributed by atoms with van der Waals surface area (Å²) in [4.78, 5) is 16.3. The lowest BCUT2D eigenvalue weighted by atomic mass is 10.1. The van der Waals surface area contributed by atoms with Gasteiger partial charge in [0.25, 0.3) is 0 Å². The number of nitriles is 1. The summed E-state index contributed by atoms with van der Waals surface area (Å²) in [5, 5.41) is 9.09. The minimum absolute atomic E-state index is 0.0146. The van der Waals surface area contributed by atoms with E-state index in [2.05, 4.69) is 17.9 Å². The highest BCUT2D eigenvalue weighted by molar-refractivity contribution is 5.76. The van der Waals surface area contributed by atoms with Crippen LogP contribution in [-0.4, -0.2) is 47.9 Å². The van der Waals surface area contributed by atoms with Crippen LogP contribution in [-0.2, 0) is 4.79 Å². The number of nitrogens with zero attached hydrogens (tertiary/aromatic N) is 3. The number of amides is 1. The Bertz CT molecular complexity index is 329. The van der Waals surface area contributed by atoms with Crippen molar-refractivity contribution in [2.24, 2.45) is 0 Å². The van der Waals surface area contributed by atoms with E-state index in [0.717, 1.165) is 39.0 Å². The molecule has 0 aromatic heterocycles. The Balaban J connectivity index is 2.16. The van der Waals surface area contributed by atoms with Gasteiger partial charge in [0.2, 0.25) is 5.91 Å². The molecule has 0 aromatic rings. The predicted octanol–water partition coefficient (Wildman–Crippen LogP) is 3.18. The van der Waals surface area contributed by atoms with Gasteiger partial charge in [0.15, 0.2) is 0 Å². The lowest BCUT2D eigenvalue weighted by Gasteiger charge is -2.36. The van der Waals surface area contributed by atoms with Gasteiger partial charge in [-0.05, 0) is 12.8 Å². The van der Waals surface area contributed by atoms with Gasteiger partial charge in [-0.15, -0.1) is 0 Å². The van der Waals surface area contributed by atoms with Gasteiger partial charge in [0.05, 0.1) is 12.1 Å². The Morgan fingerprint density at radius 3 is 2.24 bits per heavy atom. The number of rotatable bonds is 9. The second-order valence-corrected chi connectivity index (χ2v) is 5.99. The van der Waals surface area contributed by atoms with Crippen molar-refractivity contribution in [1.29, 1.82) is 5.26 Å². The molecule has 4 nitrogen and oxygen atoms in total. The second kappa shape index (κ2) is 10.6. The summed E-state index contributed by atoms with van der Waals surface area (Å²) in [5.41, 5.74) is 0. The third kappa shape index (κ3) is 6.48. The Kier molecular flexibility index (Phi) is 9.09. The molecule has 0 aliphatic carbocycles. The zero-order valence-electron chi connectivity index (χ0n) is 13.8. The lowest BCUT2D eigenvalue weighted by Crippen LogP contribution is -2.51. The molecule has 4 heteroatoms. The van der Waals surface area contributed by atoms with E-state index in [1.165, 1.54) is 32.1 Å². The van der Waals surface area contributed by atoms with Gasteiger partial charge in [-0.3, -0.25) is 9.69 Å². The van der Waals surface area contributed by atoms with E-state index in [1.54, 1.807) is 0 Å². The van der Waals surface area contributed by atoms with Crippen LogP contribution in [0.15, 0.2) is 0 Å². The van der Waals surface area contributed by atoms with Crippen LogP contribution < -0.4 is 0 Å². The highest BCUT2D eigenvalue weighted by Gasteiger charge is 2.24. The summed E-state index contributed by atoms with van der Waals surface area (Å²) in [6.45, 7) is 7.52. The van der Waals surface area contributed by atoms with Crippen molar-refractivity contribution in [3.8, 4) is 6.07 Å². The summed E-state index contributed by atoms with van der Waals surface area (Å²) in [7, 11) is 0. The molecular weight excluding hydrogens is 262 g/mol. The van der Waals surface area contributed by atoms with Gasteiger partial charge in [-0.2, -0.15) is 5.26 Å². The number of hydrogen-bond acceptors (Lipinski definition) is 3. The monoisotopic (exact) mass is 293 g/mol. The lowest BCUT2D eigenvalue weighted by molar-refractivity contribution is -0.133. The normalized spacial score (nSPS) is 17.5. The van der Waals surface area contributed by atoms with E-state index in [4.69, 9.17) is 5.26 Å². The Morgan fingerprint density at radius 2 is 1.67 bits per heavy atom. The van der Waals surface area contributed by atoms with Gasteiger partial charge in [-0.25, -0.2) is 0 Å². The van der Waals surface area contributed by atoms with Crippen molar-refractivity contribution in [2.45, 2.75) is 71.3 Å². The second-order valence-electron chi connectivity index (χ2n) is 5.99. The molecule has 21 heavy (non-hydrogen) atoms. The molecular formula is C17H31N3O. The molecule has 0 radical (unpaired) electrons. The number of hydrogen-bond donors (Lipinski definition) is 0. The summed E-state index contributed by atoms with van der Waals surface area (Å²) >= 11 is 0. The van der Waals surface area contributed by atoms with Crippen molar-refractivity contribution in [3.63, 3.8) is 0 Å². The largest absolute Gasteiger partial charge is 0.340 e. The fraction of sp³-hybridized carbons (Fsp3) is 0.882. The molecule has 1 heterocycles. The molecule has 0 N–H and O–H groups in total. The molecule has 120 valence electrons. The van der Waals surface area contributed by atoms with E-state index in [9.17, 15) is 4.79 Å². The molecule has 1 saturated heterocycles. The third-order valence-electron chi connectivity index (χ3n) is 4.39. The Morgan fingerprint density at radius 1 is 1.05 bits per heavy atom.